The minimum atomic E-state index is -0.507. The zero-order chi connectivity index (χ0) is 15.3. The number of rotatable bonds is 6. The fourth-order valence-electron chi connectivity index (χ4n) is 1.90. The highest BCUT2D eigenvalue weighted by molar-refractivity contribution is 6.21. The lowest BCUT2D eigenvalue weighted by molar-refractivity contribution is -0.384. The third-order valence-corrected chi connectivity index (χ3v) is 3.08. The molecule has 0 bridgehead atoms. The van der Waals surface area contributed by atoms with E-state index in [9.17, 15) is 14.9 Å². The van der Waals surface area contributed by atoms with Gasteiger partial charge >= 0.3 is 0 Å². The summed E-state index contributed by atoms with van der Waals surface area (Å²) in [6.45, 7) is 6.18. The fraction of sp³-hybridized carbons (Fsp3) is 0.500. The summed E-state index contributed by atoms with van der Waals surface area (Å²) in [5.41, 5.74) is 0.874. The Kier molecular flexibility index (Phi) is 5.95. The van der Waals surface area contributed by atoms with Gasteiger partial charge in [-0.1, -0.05) is 13.8 Å². The van der Waals surface area contributed by atoms with Crippen molar-refractivity contribution >= 4 is 23.2 Å². The van der Waals surface area contributed by atoms with Crippen LogP contribution in [0.2, 0.25) is 0 Å². The molecular weight excluding hydrogens is 280 g/mol. The number of amides is 1. The third-order valence-electron chi connectivity index (χ3n) is 2.75. The number of aryl methyl sites for hydroxylation is 1. The fourth-order valence-corrected chi connectivity index (χ4v) is 2.33. The van der Waals surface area contributed by atoms with Crippen molar-refractivity contribution in [1.29, 1.82) is 0 Å². The molecule has 1 amide bonds. The van der Waals surface area contributed by atoms with Gasteiger partial charge in [0.05, 0.1) is 10.3 Å². The summed E-state index contributed by atoms with van der Waals surface area (Å²) < 4.78 is 0. The summed E-state index contributed by atoms with van der Waals surface area (Å²) in [6.07, 6.45) is 0.801. The lowest BCUT2D eigenvalue weighted by Crippen LogP contribution is -2.30. The van der Waals surface area contributed by atoms with Crippen LogP contribution in [-0.4, -0.2) is 22.8 Å². The normalized spacial score (nSPS) is 12.2. The van der Waals surface area contributed by atoms with Gasteiger partial charge in [0.25, 0.3) is 11.6 Å². The molecule has 0 aliphatic heterocycles. The van der Waals surface area contributed by atoms with Gasteiger partial charge in [0, 0.05) is 24.2 Å². The molecule has 1 rings (SSSR count). The largest absolute Gasteiger partial charge is 0.351 e. The minimum absolute atomic E-state index is 0.0836. The third kappa shape index (κ3) is 5.17. The molecule has 6 heteroatoms. The highest BCUT2D eigenvalue weighted by Crippen LogP contribution is 2.17. The summed E-state index contributed by atoms with van der Waals surface area (Å²) in [5, 5.41) is 13.3. The summed E-state index contributed by atoms with van der Waals surface area (Å²) in [7, 11) is 0. The molecule has 0 saturated heterocycles. The number of nitro groups is 1. The minimum Gasteiger partial charge on any atom is -0.351 e. The van der Waals surface area contributed by atoms with Gasteiger partial charge in [-0.2, -0.15) is 0 Å². The lowest BCUT2D eigenvalue weighted by atomic mass is 10.1. The molecule has 0 heterocycles. The van der Waals surface area contributed by atoms with Crippen molar-refractivity contribution < 1.29 is 9.72 Å². The van der Waals surface area contributed by atoms with Crippen molar-refractivity contribution in [2.75, 3.05) is 6.54 Å². The first-order valence-corrected chi connectivity index (χ1v) is 6.91. The molecular formula is C14H19ClN2O3. The summed E-state index contributed by atoms with van der Waals surface area (Å²) in [4.78, 5) is 22.2. The maximum absolute atomic E-state index is 12.0. The van der Waals surface area contributed by atoms with Gasteiger partial charge in [-0.05, 0) is 30.9 Å². The van der Waals surface area contributed by atoms with Gasteiger partial charge in [0.2, 0.25) is 0 Å². The molecule has 0 fully saturated rings. The maximum atomic E-state index is 12.0. The number of non-ortho nitro benzene ring substituents is 1. The van der Waals surface area contributed by atoms with Gasteiger partial charge in [-0.25, -0.2) is 0 Å². The number of hydrogen-bond donors (Lipinski definition) is 1. The van der Waals surface area contributed by atoms with Crippen molar-refractivity contribution in [3.63, 3.8) is 0 Å². The number of nitrogens with zero attached hydrogens (tertiary/aromatic N) is 1. The van der Waals surface area contributed by atoms with E-state index in [-0.39, 0.29) is 22.5 Å². The van der Waals surface area contributed by atoms with Crippen LogP contribution in [-0.2, 0) is 0 Å². The summed E-state index contributed by atoms with van der Waals surface area (Å²) >= 11 is 6.10. The summed E-state index contributed by atoms with van der Waals surface area (Å²) in [6, 6.07) is 4.32. The van der Waals surface area contributed by atoms with E-state index in [1.807, 2.05) is 0 Å². The molecule has 1 aromatic rings. The molecule has 1 aromatic carbocycles. The predicted octanol–water partition coefficient (Wildman–Crippen LogP) is 3.29. The van der Waals surface area contributed by atoms with Crippen molar-refractivity contribution in [3.05, 3.63) is 39.4 Å². The van der Waals surface area contributed by atoms with Crippen molar-refractivity contribution in [2.45, 2.75) is 32.6 Å². The number of nitro benzene ring substituents is 1. The molecule has 110 valence electrons. The maximum Gasteiger partial charge on any atom is 0.270 e. The van der Waals surface area contributed by atoms with Crippen LogP contribution in [0.4, 0.5) is 5.69 Å². The molecule has 0 aliphatic carbocycles. The van der Waals surface area contributed by atoms with E-state index in [0.29, 0.717) is 18.0 Å². The standard InChI is InChI=1S/C14H19ClN2O3/c1-9(2)4-12(15)8-16-14(18)11-5-10(3)6-13(7-11)17(19)20/h5-7,9,12H,4,8H2,1-3H3,(H,16,18). The van der Waals surface area contributed by atoms with Crippen molar-refractivity contribution in [1.82, 2.24) is 5.32 Å². The highest BCUT2D eigenvalue weighted by Gasteiger charge is 2.14. The van der Waals surface area contributed by atoms with Crippen LogP contribution in [0, 0.1) is 23.0 Å². The number of hydrogen-bond acceptors (Lipinski definition) is 3. The van der Waals surface area contributed by atoms with E-state index in [0.717, 1.165) is 6.42 Å². The van der Waals surface area contributed by atoms with Gasteiger partial charge < -0.3 is 5.32 Å². The van der Waals surface area contributed by atoms with Crippen LogP contribution in [0.3, 0.4) is 0 Å². The van der Waals surface area contributed by atoms with Gasteiger partial charge in [0.1, 0.15) is 0 Å². The Balaban J connectivity index is 2.70. The number of nitrogens with one attached hydrogen (secondary N) is 1. The SMILES string of the molecule is Cc1cc(C(=O)NCC(Cl)CC(C)C)cc([N+](=O)[O-])c1. The van der Waals surface area contributed by atoms with E-state index in [1.165, 1.54) is 12.1 Å². The van der Waals surface area contributed by atoms with E-state index in [1.54, 1.807) is 13.0 Å². The molecule has 0 radical (unpaired) electrons. The Bertz CT molecular complexity index is 503. The molecule has 1 N–H and O–H groups in total. The average Bonchev–Trinajstić information content (AvgIpc) is 2.34. The first kappa shape index (κ1) is 16.4. The Labute approximate surface area is 123 Å². The second kappa shape index (κ2) is 7.24. The quantitative estimate of drug-likeness (QED) is 0.497. The van der Waals surface area contributed by atoms with Gasteiger partial charge in [-0.15, -0.1) is 11.6 Å². The summed E-state index contributed by atoms with van der Waals surface area (Å²) in [5.74, 6) is 0.112. The van der Waals surface area contributed by atoms with Gasteiger partial charge in [-0.3, -0.25) is 14.9 Å². The molecule has 0 saturated carbocycles. The molecule has 0 aliphatic rings. The number of alkyl halides is 1. The number of halogens is 1. The monoisotopic (exact) mass is 298 g/mol. The van der Waals surface area contributed by atoms with Crippen LogP contribution in [0.1, 0.15) is 36.2 Å². The van der Waals surface area contributed by atoms with E-state index in [2.05, 4.69) is 19.2 Å². The second-order valence-electron chi connectivity index (χ2n) is 5.25. The molecule has 5 nitrogen and oxygen atoms in total. The van der Waals surface area contributed by atoms with Gasteiger partial charge in [0.15, 0.2) is 0 Å². The lowest BCUT2D eigenvalue weighted by Gasteiger charge is -2.13. The van der Waals surface area contributed by atoms with E-state index in [4.69, 9.17) is 11.6 Å². The Morgan fingerprint density at radius 2 is 2.05 bits per heavy atom. The topological polar surface area (TPSA) is 72.2 Å². The number of benzene rings is 1. The zero-order valence-electron chi connectivity index (χ0n) is 11.9. The Morgan fingerprint density at radius 1 is 1.40 bits per heavy atom. The first-order valence-electron chi connectivity index (χ1n) is 6.48. The Morgan fingerprint density at radius 3 is 2.60 bits per heavy atom. The smallest absolute Gasteiger partial charge is 0.270 e. The van der Waals surface area contributed by atoms with Crippen LogP contribution in [0.25, 0.3) is 0 Å². The van der Waals surface area contributed by atoms with Crippen LogP contribution in [0.5, 0.6) is 0 Å². The van der Waals surface area contributed by atoms with Crippen molar-refractivity contribution in [2.24, 2.45) is 5.92 Å². The first-order chi connectivity index (χ1) is 9.29. The van der Waals surface area contributed by atoms with E-state index < -0.39 is 4.92 Å². The van der Waals surface area contributed by atoms with E-state index >= 15 is 0 Å². The zero-order valence-corrected chi connectivity index (χ0v) is 12.6. The molecule has 1 unspecified atom stereocenters. The second-order valence-corrected chi connectivity index (χ2v) is 5.87. The van der Waals surface area contributed by atoms with Crippen molar-refractivity contribution in [3.8, 4) is 0 Å². The molecule has 0 aromatic heterocycles. The highest BCUT2D eigenvalue weighted by atomic mass is 35.5. The number of carbonyl (C=O) groups is 1. The Hall–Kier alpha value is -1.62. The number of carbonyl (C=O) groups excluding carboxylic acids is 1. The van der Waals surface area contributed by atoms with Crippen LogP contribution < -0.4 is 5.32 Å². The predicted molar refractivity (Wildman–Crippen MR) is 79.3 cm³/mol. The molecule has 20 heavy (non-hydrogen) atoms. The van der Waals surface area contributed by atoms with Crippen LogP contribution >= 0.6 is 11.6 Å². The molecule has 1 atom stereocenters. The molecule has 0 spiro atoms. The average molecular weight is 299 g/mol. The van der Waals surface area contributed by atoms with Crippen LogP contribution in [0.15, 0.2) is 18.2 Å².